The molecule has 0 radical (unpaired) electrons. The summed E-state index contributed by atoms with van der Waals surface area (Å²) in [5, 5.41) is 8.02. The summed E-state index contributed by atoms with van der Waals surface area (Å²) in [4.78, 5) is 0. The van der Waals surface area contributed by atoms with Crippen LogP contribution in [-0.4, -0.2) is 9.78 Å². The second kappa shape index (κ2) is 5.91. The molecule has 1 aromatic heterocycles. The predicted molar refractivity (Wildman–Crippen MR) is 80.4 cm³/mol. The van der Waals surface area contributed by atoms with Crippen LogP contribution in [0.15, 0.2) is 30.5 Å². The van der Waals surface area contributed by atoms with Gasteiger partial charge >= 0.3 is 0 Å². The van der Waals surface area contributed by atoms with Crippen LogP contribution in [0.1, 0.15) is 43.5 Å². The van der Waals surface area contributed by atoms with Crippen molar-refractivity contribution in [3.8, 4) is 0 Å². The van der Waals surface area contributed by atoms with Gasteiger partial charge in [-0.2, -0.15) is 5.10 Å². The zero-order valence-electron chi connectivity index (χ0n) is 12.3. The normalized spacial score (nSPS) is 11.0. The summed E-state index contributed by atoms with van der Waals surface area (Å²) >= 11 is 0. The van der Waals surface area contributed by atoms with E-state index in [0.717, 1.165) is 13.0 Å². The zero-order chi connectivity index (χ0) is 13.8. The third-order valence-electron chi connectivity index (χ3n) is 3.30. The molecule has 0 aliphatic carbocycles. The fraction of sp³-hybridized carbons (Fsp3) is 0.438. The molecule has 102 valence electrons. The molecule has 0 spiro atoms. The van der Waals surface area contributed by atoms with E-state index < -0.39 is 0 Å². The van der Waals surface area contributed by atoms with E-state index in [9.17, 15) is 0 Å². The molecule has 3 heteroatoms. The van der Waals surface area contributed by atoms with Crippen molar-refractivity contribution in [3.05, 3.63) is 47.3 Å². The Labute approximate surface area is 115 Å². The van der Waals surface area contributed by atoms with Crippen molar-refractivity contribution in [1.29, 1.82) is 0 Å². The smallest absolute Gasteiger partial charge is 0.0699 e. The van der Waals surface area contributed by atoms with Gasteiger partial charge in [0.05, 0.1) is 5.69 Å². The number of nitrogens with one attached hydrogen (secondary N) is 1. The monoisotopic (exact) mass is 257 g/mol. The largest absolute Gasteiger partial charge is 0.381 e. The van der Waals surface area contributed by atoms with Crippen LogP contribution in [0.3, 0.4) is 0 Å². The Hall–Kier alpha value is -1.77. The molecule has 0 unspecified atom stereocenters. The summed E-state index contributed by atoms with van der Waals surface area (Å²) in [5.74, 6) is 0.458. The lowest BCUT2D eigenvalue weighted by Gasteiger charge is -2.09. The molecule has 0 aliphatic heterocycles. The van der Waals surface area contributed by atoms with Crippen LogP contribution in [-0.2, 0) is 20.0 Å². The molecule has 2 aromatic rings. The van der Waals surface area contributed by atoms with Crippen LogP contribution in [0.2, 0.25) is 0 Å². The van der Waals surface area contributed by atoms with E-state index in [1.807, 2.05) is 11.7 Å². The quantitative estimate of drug-likeness (QED) is 0.884. The van der Waals surface area contributed by atoms with Crippen LogP contribution in [0.4, 0.5) is 5.69 Å². The van der Waals surface area contributed by atoms with Crippen molar-refractivity contribution >= 4 is 5.69 Å². The lowest BCUT2D eigenvalue weighted by Crippen LogP contribution is -2.02. The maximum Gasteiger partial charge on any atom is 0.0699 e. The maximum atomic E-state index is 4.53. The molecule has 3 nitrogen and oxygen atoms in total. The standard InChI is InChI=1S/C16H23N3/c1-5-13-7-6-8-15(9-13)17-10-14-11-19(4)18-16(14)12(2)3/h6-9,11-12,17H,5,10H2,1-4H3. The fourth-order valence-corrected chi connectivity index (χ4v) is 2.28. The molecule has 0 amide bonds. The van der Waals surface area contributed by atoms with Crippen LogP contribution in [0.5, 0.6) is 0 Å². The van der Waals surface area contributed by atoms with Gasteiger partial charge in [0.25, 0.3) is 0 Å². The van der Waals surface area contributed by atoms with Crippen molar-refractivity contribution in [2.45, 2.75) is 39.7 Å². The SMILES string of the molecule is CCc1cccc(NCc2cn(C)nc2C(C)C)c1. The fourth-order valence-electron chi connectivity index (χ4n) is 2.28. The number of aryl methyl sites for hydroxylation is 2. The first-order chi connectivity index (χ1) is 9.10. The molecule has 1 N–H and O–H groups in total. The van der Waals surface area contributed by atoms with Gasteiger partial charge < -0.3 is 5.32 Å². The van der Waals surface area contributed by atoms with Crippen LogP contribution in [0, 0.1) is 0 Å². The number of hydrogen-bond donors (Lipinski definition) is 1. The van der Waals surface area contributed by atoms with E-state index in [0.29, 0.717) is 5.92 Å². The Morgan fingerprint density at radius 2 is 2.11 bits per heavy atom. The Morgan fingerprint density at radius 1 is 1.32 bits per heavy atom. The molecular formula is C16H23N3. The van der Waals surface area contributed by atoms with Gasteiger partial charge in [-0.1, -0.05) is 32.9 Å². The lowest BCUT2D eigenvalue weighted by atomic mass is 10.1. The molecule has 1 heterocycles. The lowest BCUT2D eigenvalue weighted by molar-refractivity contribution is 0.712. The average molecular weight is 257 g/mol. The molecular weight excluding hydrogens is 234 g/mol. The van der Waals surface area contributed by atoms with Gasteiger partial charge in [0, 0.05) is 31.0 Å². The van der Waals surface area contributed by atoms with Gasteiger partial charge in [-0.05, 0) is 30.0 Å². The number of rotatable bonds is 5. The van der Waals surface area contributed by atoms with E-state index in [1.165, 1.54) is 22.5 Å². The second-order valence-electron chi connectivity index (χ2n) is 5.28. The molecule has 0 aliphatic rings. The molecule has 2 rings (SSSR count). The Kier molecular flexibility index (Phi) is 4.25. The minimum Gasteiger partial charge on any atom is -0.381 e. The van der Waals surface area contributed by atoms with Crippen molar-refractivity contribution in [3.63, 3.8) is 0 Å². The van der Waals surface area contributed by atoms with Crippen molar-refractivity contribution in [2.24, 2.45) is 7.05 Å². The van der Waals surface area contributed by atoms with Gasteiger partial charge in [-0.15, -0.1) is 0 Å². The molecule has 1 aromatic carbocycles. The average Bonchev–Trinajstić information content (AvgIpc) is 2.78. The van der Waals surface area contributed by atoms with E-state index in [-0.39, 0.29) is 0 Å². The minimum atomic E-state index is 0.458. The Bertz CT molecular complexity index is 541. The zero-order valence-corrected chi connectivity index (χ0v) is 12.3. The molecule has 0 atom stereocenters. The van der Waals surface area contributed by atoms with Gasteiger partial charge in [-0.25, -0.2) is 0 Å². The second-order valence-corrected chi connectivity index (χ2v) is 5.28. The number of aromatic nitrogens is 2. The molecule has 0 saturated carbocycles. The van der Waals surface area contributed by atoms with E-state index >= 15 is 0 Å². The Balaban J connectivity index is 2.09. The third kappa shape index (κ3) is 3.37. The first-order valence-corrected chi connectivity index (χ1v) is 6.95. The van der Waals surface area contributed by atoms with Gasteiger partial charge in [0.15, 0.2) is 0 Å². The van der Waals surface area contributed by atoms with E-state index in [2.05, 4.69) is 61.6 Å². The number of nitrogens with zero attached hydrogens (tertiary/aromatic N) is 2. The highest BCUT2D eigenvalue weighted by Crippen LogP contribution is 2.19. The topological polar surface area (TPSA) is 29.9 Å². The Morgan fingerprint density at radius 3 is 2.79 bits per heavy atom. The number of benzene rings is 1. The summed E-state index contributed by atoms with van der Waals surface area (Å²) in [7, 11) is 1.98. The predicted octanol–water partition coefficient (Wildman–Crippen LogP) is 3.72. The molecule has 0 bridgehead atoms. The summed E-state index contributed by atoms with van der Waals surface area (Å²) in [5.41, 5.74) is 5.00. The molecule has 0 saturated heterocycles. The van der Waals surface area contributed by atoms with E-state index in [1.54, 1.807) is 0 Å². The molecule has 0 fully saturated rings. The van der Waals surface area contributed by atoms with Crippen LogP contribution < -0.4 is 5.32 Å². The number of hydrogen-bond acceptors (Lipinski definition) is 2. The highest BCUT2D eigenvalue weighted by Gasteiger charge is 2.10. The van der Waals surface area contributed by atoms with Gasteiger partial charge in [0.1, 0.15) is 0 Å². The maximum absolute atomic E-state index is 4.53. The molecule has 19 heavy (non-hydrogen) atoms. The summed E-state index contributed by atoms with van der Waals surface area (Å²) in [6.45, 7) is 7.37. The summed E-state index contributed by atoms with van der Waals surface area (Å²) in [6.07, 6.45) is 3.17. The van der Waals surface area contributed by atoms with Crippen molar-refractivity contribution in [2.75, 3.05) is 5.32 Å². The number of anilines is 1. The van der Waals surface area contributed by atoms with Crippen molar-refractivity contribution < 1.29 is 0 Å². The third-order valence-corrected chi connectivity index (χ3v) is 3.30. The van der Waals surface area contributed by atoms with Crippen molar-refractivity contribution in [1.82, 2.24) is 9.78 Å². The minimum absolute atomic E-state index is 0.458. The van der Waals surface area contributed by atoms with E-state index in [4.69, 9.17) is 0 Å². The summed E-state index contributed by atoms with van der Waals surface area (Å²) in [6, 6.07) is 8.60. The highest BCUT2D eigenvalue weighted by atomic mass is 15.3. The summed E-state index contributed by atoms with van der Waals surface area (Å²) < 4.78 is 1.90. The first-order valence-electron chi connectivity index (χ1n) is 6.95. The van der Waals surface area contributed by atoms with Crippen LogP contribution in [0.25, 0.3) is 0 Å². The highest BCUT2D eigenvalue weighted by molar-refractivity contribution is 5.46. The van der Waals surface area contributed by atoms with Gasteiger partial charge in [0.2, 0.25) is 0 Å². The van der Waals surface area contributed by atoms with Gasteiger partial charge in [-0.3, -0.25) is 4.68 Å². The van der Waals surface area contributed by atoms with Crippen LogP contribution >= 0.6 is 0 Å². The first kappa shape index (κ1) is 13.7.